The van der Waals surface area contributed by atoms with Crippen LogP contribution in [0.25, 0.3) is 11.1 Å². The molecule has 0 nitrogen and oxygen atoms in total. The average Bonchev–Trinajstić information content (AvgIpc) is 2.36. The standard InChI is InChI=1S/C14H7ClF6/c15-11-6-2-5-10(14(19,20)21)12(11)8-3-1-4-9(7-8)13(16,17)18/h1-7H. The summed E-state index contributed by atoms with van der Waals surface area (Å²) >= 11 is 5.76. The second-order valence-electron chi connectivity index (χ2n) is 4.24. The van der Waals surface area contributed by atoms with Crippen molar-refractivity contribution in [3.8, 4) is 11.1 Å². The first-order valence-corrected chi connectivity index (χ1v) is 6.02. The van der Waals surface area contributed by atoms with Gasteiger partial charge < -0.3 is 0 Å². The van der Waals surface area contributed by atoms with Gasteiger partial charge in [-0.15, -0.1) is 0 Å². The third-order valence-electron chi connectivity index (χ3n) is 2.80. The van der Waals surface area contributed by atoms with Gasteiger partial charge in [-0.1, -0.05) is 29.8 Å². The van der Waals surface area contributed by atoms with E-state index in [4.69, 9.17) is 11.6 Å². The molecule has 0 bridgehead atoms. The summed E-state index contributed by atoms with van der Waals surface area (Å²) in [5.74, 6) is 0. The Bertz CT molecular complexity index is 657. The Balaban J connectivity index is 2.68. The fraction of sp³-hybridized carbons (Fsp3) is 0.143. The highest BCUT2D eigenvalue weighted by Gasteiger charge is 2.35. The highest BCUT2D eigenvalue weighted by molar-refractivity contribution is 6.33. The van der Waals surface area contributed by atoms with Crippen molar-refractivity contribution in [2.45, 2.75) is 12.4 Å². The number of hydrogen-bond donors (Lipinski definition) is 0. The molecule has 0 saturated heterocycles. The molecule has 0 radical (unpaired) electrons. The Kier molecular flexibility index (Phi) is 3.93. The minimum Gasteiger partial charge on any atom is -0.166 e. The molecule has 0 aliphatic carbocycles. The van der Waals surface area contributed by atoms with Gasteiger partial charge in [0.05, 0.1) is 11.1 Å². The lowest BCUT2D eigenvalue weighted by atomic mass is 9.97. The fourth-order valence-corrected chi connectivity index (χ4v) is 2.19. The van der Waals surface area contributed by atoms with E-state index in [0.717, 1.165) is 30.3 Å². The van der Waals surface area contributed by atoms with Crippen molar-refractivity contribution in [1.29, 1.82) is 0 Å². The van der Waals surface area contributed by atoms with Crippen molar-refractivity contribution in [1.82, 2.24) is 0 Å². The van der Waals surface area contributed by atoms with Gasteiger partial charge >= 0.3 is 12.4 Å². The smallest absolute Gasteiger partial charge is 0.166 e. The highest BCUT2D eigenvalue weighted by Crippen LogP contribution is 2.42. The first-order chi connectivity index (χ1) is 9.60. The van der Waals surface area contributed by atoms with Gasteiger partial charge in [0.25, 0.3) is 0 Å². The minimum atomic E-state index is -4.71. The predicted octanol–water partition coefficient (Wildman–Crippen LogP) is 6.04. The van der Waals surface area contributed by atoms with Gasteiger partial charge in [0.15, 0.2) is 0 Å². The van der Waals surface area contributed by atoms with Crippen molar-refractivity contribution < 1.29 is 26.3 Å². The number of rotatable bonds is 1. The molecule has 0 fully saturated rings. The zero-order valence-electron chi connectivity index (χ0n) is 10.2. The first-order valence-electron chi connectivity index (χ1n) is 5.64. The van der Waals surface area contributed by atoms with Gasteiger partial charge in [-0.05, 0) is 29.8 Å². The van der Waals surface area contributed by atoms with Gasteiger partial charge in [-0.25, -0.2) is 0 Å². The second-order valence-corrected chi connectivity index (χ2v) is 4.65. The van der Waals surface area contributed by atoms with Crippen molar-refractivity contribution in [2.24, 2.45) is 0 Å². The zero-order valence-corrected chi connectivity index (χ0v) is 10.9. The molecule has 0 unspecified atom stereocenters. The maximum Gasteiger partial charge on any atom is 0.417 e. The Labute approximate surface area is 121 Å². The topological polar surface area (TPSA) is 0 Å². The number of halogens is 7. The van der Waals surface area contributed by atoms with Gasteiger partial charge in [0, 0.05) is 10.6 Å². The Morgan fingerprint density at radius 1 is 0.762 bits per heavy atom. The van der Waals surface area contributed by atoms with Crippen LogP contribution in [-0.2, 0) is 12.4 Å². The molecular weight excluding hydrogens is 318 g/mol. The van der Waals surface area contributed by atoms with E-state index >= 15 is 0 Å². The van der Waals surface area contributed by atoms with Crippen LogP contribution in [0.4, 0.5) is 26.3 Å². The van der Waals surface area contributed by atoms with E-state index in [2.05, 4.69) is 0 Å². The highest BCUT2D eigenvalue weighted by atomic mass is 35.5. The van der Waals surface area contributed by atoms with Crippen LogP contribution >= 0.6 is 11.6 Å². The van der Waals surface area contributed by atoms with Crippen LogP contribution in [0.15, 0.2) is 42.5 Å². The zero-order chi connectivity index (χ0) is 15.8. The third kappa shape index (κ3) is 3.32. The molecule has 0 heterocycles. The summed E-state index contributed by atoms with van der Waals surface area (Å²) in [4.78, 5) is 0. The van der Waals surface area contributed by atoms with E-state index in [9.17, 15) is 26.3 Å². The molecule has 7 heteroatoms. The van der Waals surface area contributed by atoms with Crippen LogP contribution in [0.2, 0.25) is 5.02 Å². The lowest BCUT2D eigenvalue weighted by molar-refractivity contribution is -0.137. The number of alkyl halides is 6. The maximum absolute atomic E-state index is 13.0. The summed E-state index contributed by atoms with van der Waals surface area (Å²) in [6.07, 6.45) is -9.36. The summed E-state index contributed by atoms with van der Waals surface area (Å²) in [5.41, 5.74) is -2.80. The molecule has 2 rings (SSSR count). The Morgan fingerprint density at radius 2 is 1.38 bits per heavy atom. The summed E-state index contributed by atoms with van der Waals surface area (Å²) in [5, 5.41) is -0.260. The van der Waals surface area contributed by atoms with Gasteiger partial charge in [0.1, 0.15) is 0 Å². The molecule has 112 valence electrons. The number of benzene rings is 2. The molecule has 0 aromatic heterocycles. The van der Waals surface area contributed by atoms with Gasteiger partial charge in [-0.2, -0.15) is 26.3 Å². The van der Waals surface area contributed by atoms with Crippen LogP contribution < -0.4 is 0 Å². The third-order valence-corrected chi connectivity index (χ3v) is 3.11. The molecule has 2 aromatic rings. The lowest BCUT2D eigenvalue weighted by Gasteiger charge is -2.15. The summed E-state index contributed by atoms with van der Waals surface area (Å²) in [7, 11) is 0. The van der Waals surface area contributed by atoms with Gasteiger partial charge in [-0.3, -0.25) is 0 Å². The fourth-order valence-electron chi connectivity index (χ4n) is 1.90. The largest absolute Gasteiger partial charge is 0.417 e. The minimum absolute atomic E-state index is 0.234. The molecule has 0 atom stereocenters. The van der Waals surface area contributed by atoms with Crippen molar-refractivity contribution in [3.63, 3.8) is 0 Å². The Morgan fingerprint density at radius 3 is 1.95 bits per heavy atom. The van der Waals surface area contributed by atoms with Gasteiger partial charge in [0.2, 0.25) is 0 Å². The molecule has 0 N–H and O–H groups in total. The van der Waals surface area contributed by atoms with E-state index in [0.29, 0.717) is 6.07 Å². The van der Waals surface area contributed by atoms with E-state index in [1.807, 2.05) is 0 Å². The first kappa shape index (κ1) is 15.7. The van der Waals surface area contributed by atoms with E-state index in [-0.39, 0.29) is 10.6 Å². The molecule has 0 aliphatic rings. The Hall–Kier alpha value is -1.69. The van der Waals surface area contributed by atoms with E-state index in [1.54, 1.807) is 0 Å². The molecule has 2 aromatic carbocycles. The molecule has 0 amide bonds. The van der Waals surface area contributed by atoms with E-state index < -0.39 is 29.0 Å². The summed E-state index contributed by atoms with van der Waals surface area (Å²) in [6.45, 7) is 0. The van der Waals surface area contributed by atoms with Crippen LogP contribution in [0.1, 0.15) is 11.1 Å². The second kappa shape index (κ2) is 5.26. The quantitative estimate of drug-likeness (QED) is 0.561. The maximum atomic E-state index is 13.0. The van der Waals surface area contributed by atoms with Crippen molar-refractivity contribution in [3.05, 3.63) is 58.6 Å². The predicted molar refractivity (Wildman–Crippen MR) is 66.9 cm³/mol. The SMILES string of the molecule is FC(F)(F)c1cccc(-c2c(Cl)cccc2C(F)(F)F)c1. The van der Waals surface area contributed by atoms with Crippen molar-refractivity contribution >= 4 is 11.6 Å². The molecular formula is C14H7ClF6. The molecule has 0 aliphatic heterocycles. The molecule has 21 heavy (non-hydrogen) atoms. The van der Waals surface area contributed by atoms with Crippen LogP contribution in [0.3, 0.4) is 0 Å². The molecule has 0 saturated carbocycles. The normalized spacial score (nSPS) is 12.5. The van der Waals surface area contributed by atoms with Crippen LogP contribution in [-0.4, -0.2) is 0 Å². The van der Waals surface area contributed by atoms with Crippen molar-refractivity contribution in [2.75, 3.05) is 0 Å². The summed E-state index contributed by atoms with van der Waals surface area (Å²) < 4.78 is 76.9. The van der Waals surface area contributed by atoms with Crippen LogP contribution in [0.5, 0.6) is 0 Å². The number of hydrogen-bond acceptors (Lipinski definition) is 0. The van der Waals surface area contributed by atoms with E-state index in [1.165, 1.54) is 6.07 Å². The average molecular weight is 325 g/mol. The monoisotopic (exact) mass is 324 g/mol. The molecule has 0 spiro atoms. The van der Waals surface area contributed by atoms with Crippen LogP contribution in [0, 0.1) is 0 Å². The lowest BCUT2D eigenvalue weighted by Crippen LogP contribution is -2.08. The summed E-state index contributed by atoms with van der Waals surface area (Å²) in [6, 6.07) is 6.72.